The molecule has 32 heteroatoms. The van der Waals surface area contributed by atoms with Gasteiger partial charge in [-0.1, -0.05) is 13.3 Å². The summed E-state index contributed by atoms with van der Waals surface area (Å²) in [6.07, 6.45) is -14.7. The van der Waals surface area contributed by atoms with Gasteiger partial charge in [-0.2, -0.15) is 0 Å². The van der Waals surface area contributed by atoms with Gasteiger partial charge in [-0.25, -0.2) is 0 Å². The smallest absolute Gasteiger partial charge is 0.104 e. The van der Waals surface area contributed by atoms with Crippen molar-refractivity contribution >= 4 is 0 Å². The van der Waals surface area contributed by atoms with E-state index in [0.717, 1.165) is 6.42 Å². The van der Waals surface area contributed by atoms with Gasteiger partial charge in [-0.05, 0) is 13.3 Å². The van der Waals surface area contributed by atoms with E-state index < -0.39 is 151 Å². The van der Waals surface area contributed by atoms with Crippen molar-refractivity contribution in [2.24, 2.45) is 0 Å². The van der Waals surface area contributed by atoms with Gasteiger partial charge in [0.2, 0.25) is 0 Å². The van der Waals surface area contributed by atoms with Crippen molar-refractivity contribution in [1.82, 2.24) is 0 Å². The van der Waals surface area contributed by atoms with Crippen LogP contribution in [0.4, 0.5) is 0 Å². The first-order chi connectivity index (χ1) is 40.5. The molecule has 506 valence electrons. The summed E-state index contributed by atoms with van der Waals surface area (Å²) in [5.74, 6) is 0. The van der Waals surface area contributed by atoms with Gasteiger partial charge < -0.3 is 157 Å². The standard InChI is InChI=1S/C52H106O32/c1-3-5-37(61)19-77-46(12-59)34-82-51(26-72-16-40(64)8-55)32-75-30-50(81-23-44(68)18-71-15-39(63)7-54)29-74-27-48(25-69-4-2)84-36-52(83-35-47(13-60)79-21-42(66)10-57)33-76-31-49(80-22-43(67)17-70-14-38(62)6-53)28-73-24-45(11-58)78-20-41(65)9-56/h37-68H,3-36H2,1-2H3. The summed E-state index contributed by atoms with van der Waals surface area (Å²) in [4.78, 5) is 0. The summed E-state index contributed by atoms with van der Waals surface area (Å²) in [5.41, 5.74) is 0. The predicted molar refractivity (Wildman–Crippen MR) is 290 cm³/mol. The molecule has 16 atom stereocenters. The minimum atomic E-state index is -1.23. The fourth-order valence-corrected chi connectivity index (χ4v) is 6.51. The molecule has 0 aromatic carbocycles. The molecule has 16 unspecified atom stereocenters. The first-order valence-electron chi connectivity index (χ1n) is 28.4. The van der Waals surface area contributed by atoms with Gasteiger partial charge in [0.05, 0.1) is 211 Å². The van der Waals surface area contributed by atoms with Crippen molar-refractivity contribution in [3.05, 3.63) is 0 Å². The van der Waals surface area contributed by atoms with Crippen molar-refractivity contribution in [3.8, 4) is 0 Å². The fraction of sp³-hybridized carbons (Fsp3) is 1.00. The molecule has 16 N–H and O–H groups in total. The van der Waals surface area contributed by atoms with Crippen molar-refractivity contribution in [2.75, 3.05) is 211 Å². The molecule has 0 radical (unpaired) electrons. The molecule has 84 heavy (non-hydrogen) atoms. The first kappa shape index (κ1) is 82.7. The number of ether oxygens (including phenoxy) is 16. The van der Waals surface area contributed by atoms with Crippen LogP contribution >= 0.6 is 0 Å². The van der Waals surface area contributed by atoms with Crippen LogP contribution in [0.2, 0.25) is 0 Å². The van der Waals surface area contributed by atoms with Crippen LogP contribution < -0.4 is 0 Å². The molecule has 0 aliphatic heterocycles. The summed E-state index contributed by atoms with van der Waals surface area (Å²) >= 11 is 0. The molecule has 32 nitrogen and oxygen atoms in total. The van der Waals surface area contributed by atoms with E-state index in [0.29, 0.717) is 6.42 Å². The SMILES string of the molecule is CCCC(O)COC(CO)COC(COCC(O)CO)COCC(COCC(COCC)OCC(COCC(COCC(CO)OCC(O)CO)OCC(O)COCC(O)CO)OCC(CO)OCC(O)CO)OCC(O)COCC(O)CO. The second-order valence-electron chi connectivity index (χ2n) is 19.5. The van der Waals surface area contributed by atoms with E-state index in [9.17, 15) is 66.4 Å². The fourth-order valence-electron chi connectivity index (χ4n) is 6.51. The molecule has 0 rings (SSSR count). The lowest BCUT2D eigenvalue weighted by molar-refractivity contribution is -0.150. The Morgan fingerprint density at radius 2 is 0.405 bits per heavy atom. The lowest BCUT2D eigenvalue weighted by atomic mass is 10.2. The molecule has 0 saturated carbocycles. The van der Waals surface area contributed by atoms with Crippen molar-refractivity contribution in [1.29, 1.82) is 0 Å². The average Bonchev–Trinajstić information content (AvgIpc) is 3.53. The number of hydrogen-bond acceptors (Lipinski definition) is 32. The highest BCUT2D eigenvalue weighted by molar-refractivity contribution is 4.70. The molecule has 0 aromatic rings. The molecule has 0 amide bonds. The third-order valence-corrected chi connectivity index (χ3v) is 11.3. The Morgan fingerprint density at radius 1 is 0.202 bits per heavy atom. The maximum absolute atomic E-state index is 10.6. The van der Waals surface area contributed by atoms with E-state index in [2.05, 4.69) is 0 Å². The Labute approximate surface area is 492 Å². The molecule has 0 aliphatic carbocycles. The molecule has 0 spiro atoms. The normalized spacial score (nSPS) is 18.1. The van der Waals surface area contributed by atoms with Gasteiger partial charge in [0.1, 0.15) is 91.6 Å². The van der Waals surface area contributed by atoms with E-state index in [1.54, 1.807) is 6.92 Å². The lowest BCUT2D eigenvalue weighted by Crippen LogP contribution is -2.38. The molecule has 0 heterocycles. The zero-order valence-electron chi connectivity index (χ0n) is 49.0. The molecule has 0 saturated heterocycles. The Bertz CT molecular complexity index is 1380. The highest BCUT2D eigenvalue weighted by Gasteiger charge is 2.24. The van der Waals surface area contributed by atoms with Crippen LogP contribution in [-0.4, -0.2) is 391 Å². The van der Waals surface area contributed by atoms with Crippen LogP contribution in [0.3, 0.4) is 0 Å². The van der Waals surface area contributed by atoms with E-state index in [1.807, 2.05) is 6.92 Å². The van der Waals surface area contributed by atoms with Crippen molar-refractivity contribution in [2.45, 2.75) is 124 Å². The Kier molecular flexibility index (Phi) is 56.1. The van der Waals surface area contributed by atoms with Gasteiger partial charge in [0.15, 0.2) is 0 Å². The molecule has 0 bridgehead atoms. The van der Waals surface area contributed by atoms with Gasteiger partial charge in [0, 0.05) is 6.61 Å². The van der Waals surface area contributed by atoms with Gasteiger partial charge in [0.25, 0.3) is 0 Å². The minimum Gasteiger partial charge on any atom is -0.394 e. The van der Waals surface area contributed by atoms with E-state index >= 15 is 0 Å². The zero-order chi connectivity index (χ0) is 62.6. The second-order valence-corrected chi connectivity index (χ2v) is 19.5. The molecule has 0 aliphatic rings. The number of aliphatic hydroxyl groups is 16. The Balaban J connectivity index is 6.35. The number of aliphatic hydroxyl groups excluding tert-OH is 16. The van der Waals surface area contributed by atoms with Gasteiger partial charge in [-0.15, -0.1) is 0 Å². The summed E-state index contributed by atoms with van der Waals surface area (Å²) in [6, 6.07) is 0. The zero-order valence-corrected chi connectivity index (χ0v) is 49.0. The maximum atomic E-state index is 10.6. The van der Waals surface area contributed by atoms with Gasteiger partial charge in [-0.3, -0.25) is 0 Å². The summed E-state index contributed by atoms with van der Waals surface area (Å²) < 4.78 is 92.3. The quantitative estimate of drug-likeness (QED) is 0.0269. The van der Waals surface area contributed by atoms with E-state index in [1.165, 1.54) is 0 Å². The number of hydrogen-bond donors (Lipinski definition) is 16. The second kappa shape index (κ2) is 56.9. The molecular formula is C52H106O32. The first-order valence-corrected chi connectivity index (χ1v) is 28.4. The predicted octanol–water partition coefficient (Wildman–Crippen LogP) is -8.15. The minimum absolute atomic E-state index is 0.0130. The lowest BCUT2D eigenvalue weighted by Gasteiger charge is -2.27. The largest absolute Gasteiger partial charge is 0.394 e. The van der Waals surface area contributed by atoms with Crippen LogP contribution in [0.1, 0.15) is 26.7 Å². The van der Waals surface area contributed by atoms with Crippen LogP contribution in [0.15, 0.2) is 0 Å². The van der Waals surface area contributed by atoms with Crippen LogP contribution in [0, 0.1) is 0 Å². The topological polar surface area (TPSA) is 471 Å². The third kappa shape index (κ3) is 47.7. The number of rotatable bonds is 65. The summed E-state index contributed by atoms with van der Waals surface area (Å²) in [7, 11) is 0. The Hall–Kier alpha value is -1.28. The summed E-state index contributed by atoms with van der Waals surface area (Å²) in [5, 5.41) is 155. The summed E-state index contributed by atoms with van der Waals surface area (Å²) in [6.45, 7) is -4.72. The van der Waals surface area contributed by atoms with Crippen LogP contribution in [0.25, 0.3) is 0 Å². The van der Waals surface area contributed by atoms with Crippen molar-refractivity contribution in [3.63, 3.8) is 0 Å². The van der Waals surface area contributed by atoms with Crippen LogP contribution in [0.5, 0.6) is 0 Å². The average molecular weight is 1240 g/mol. The molecule has 0 aromatic heterocycles. The molecular weight excluding hydrogens is 1140 g/mol. The van der Waals surface area contributed by atoms with Gasteiger partial charge >= 0.3 is 0 Å². The highest BCUT2D eigenvalue weighted by Crippen LogP contribution is 2.10. The Morgan fingerprint density at radius 3 is 0.714 bits per heavy atom. The maximum Gasteiger partial charge on any atom is 0.104 e. The third-order valence-electron chi connectivity index (χ3n) is 11.3. The van der Waals surface area contributed by atoms with Crippen molar-refractivity contribution < 1.29 is 157 Å². The van der Waals surface area contributed by atoms with E-state index in [4.69, 9.17) is 91.1 Å². The molecule has 0 fully saturated rings. The van der Waals surface area contributed by atoms with Crippen LogP contribution in [-0.2, 0) is 75.8 Å². The van der Waals surface area contributed by atoms with E-state index in [-0.39, 0.29) is 159 Å². The highest BCUT2D eigenvalue weighted by atomic mass is 16.6. The monoisotopic (exact) mass is 1240 g/mol.